The standard InChI is InChI=1S/C12H13BrN2O2/c1-15-7-10(6-11(15)16)14-12(17)8-3-2-4-9(13)5-8/h2-5,10H,6-7H2,1H3,(H,14,17). The third-order valence-electron chi connectivity index (χ3n) is 2.76. The highest BCUT2D eigenvalue weighted by atomic mass is 79.9. The summed E-state index contributed by atoms with van der Waals surface area (Å²) in [7, 11) is 1.74. The lowest BCUT2D eigenvalue weighted by Gasteiger charge is -2.12. The molecule has 0 aromatic heterocycles. The number of hydrogen-bond acceptors (Lipinski definition) is 2. The first kappa shape index (κ1) is 12.1. The predicted molar refractivity (Wildman–Crippen MR) is 67.7 cm³/mol. The lowest BCUT2D eigenvalue weighted by Crippen LogP contribution is -2.36. The van der Waals surface area contributed by atoms with E-state index in [0.29, 0.717) is 18.5 Å². The summed E-state index contributed by atoms with van der Waals surface area (Å²) in [4.78, 5) is 24.9. The van der Waals surface area contributed by atoms with E-state index in [1.165, 1.54) is 0 Å². The van der Waals surface area contributed by atoms with Crippen LogP contribution in [0.25, 0.3) is 0 Å². The Hall–Kier alpha value is -1.36. The number of hydrogen-bond donors (Lipinski definition) is 1. The predicted octanol–water partition coefficient (Wildman–Crippen LogP) is 1.41. The van der Waals surface area contributed by atoms with Crippen LogP contribution in [0.2, 0.25) is 0 Å². The molecule has 0 aliphatic carbocycles. The Bertz CT molecular complexity index is 462. The molecule has 1 fully saturated rings. The van der Waals surface area contributed by atoms with Crippen LogP contribution in [-0.4, -0.2) is 36.3 Å². The molecule has 1 N–H and O–H groups in total. The second-order valence-corrected chi connectivity index (χ2v) is 5.07. The van der Waals surface area contributed by atoms with Crippen LogP contribution in [0.3, 0.4) is 0 Å². The van der Waals surface area contributed by atoms with E-state index in [2.05, 4.69) is 21.2 Å². The first-order valence-corrected chi connectivity index (χ1v) is 6.16. The fraction of sp³-hybridized carbons (Fsp3) is 0.333. The van der Waals surface area contributed by atoms with Crippen molar-refractivity contribution < 1.29 is 9.59 Å². The van der Waals surface area contributed by atoms with E-state index in [4.69, 9.17) is 0 Å². The quantitative estimate of drug-likeness (QED) is 0.897. The first-order chi connectivity index (χ1) is 8.06. The van der Waals surface area contributed by atoms with Gasteiger partial charge in [-0.25, -0.2) is 0 Å². The van der Waals surface area contributed by atoms with Gasteiger partial charge in [-0.1, -0.05) is 22.0 Å². The van der Waals surface area contributed by atoms with Crippen molar-refractivity contribution >= 4 is 27.7 Å². The molecule has 1 aliphatic heterocycles. The molecule has 0 saturated carbocycles. The summed E-state index contributed by atoms with van der Waals surface area (Å²) in [6.45, 7) is 0.582. The van der Waals surface area contributed by atoms with Gasteiger partial charge in [0.25, 0.3) is 5.91 Å². The number of nitrogens with one attached hydrogen (secondary N) is 1. The van der Waals surface area contributed by atoms with Crippen LogP contribution in [0, 0.1) is 0 Å². The van der Waals surface area contributed by atoms with Crippen molar-refractivity contribution in [2.24, 2.45) is 0 Å². The Labute approximate surface area is 108 Å². The van der Waals surface area contributed by atoms with Crippen LogP contribution in [0.15, 0.2) is 28.7 Å². The summed E-state index contributed by atoms with van der Waals surface area (Å²) < 4.78 is 0.866. The van der Waals surface area contributed by atoms with Crippen molar-refractivity contribution in [1.82, 2.24) is 10.2 Å². The van der Waals surface area contributed by atoms with Crippen molar-refractivity contribution in [1.29, 1.82) is 0 Å². The average Bonchev–Trinajstić information content (AvgIpc) is 2.58. The van der Waals surface area contributed by atoms with Gasteiger partial charge in [-0.2, -0.15) is 0 Å². The van der Waals surface area contributed by atoms with Crippen molar-refractivity contribution in [3.05, 3.63) is 34.3 Å². The number of amides is 2. The first-order valence-electron chi connectivity index (χ1n) is 5.36. The minimum Gasteiger partial charge on any atom is -0.347 e. The van der Waals surface area contributed by atoms with Gasteiger partial charge in [-0.05, 0) is 18.2 Å². The van der Waals surface area contributed by atoms with Crippen molar-refractivity contribution in [3.63, 3.8) is 0 Å². The van der Waals surface area contributed by atoms with Crippen LogP contribution < -0.4 is 5.32 Å². The number of carbonyl (C=O) groups is 2. The van der Waals surface area contributed by atoms with Crippen LogP contribution in [0.5, 0.6) is 0 Å². The number of likely N-dealkylation sites (N-methyl/N-ethyl adjacent to an activating group) is 1. The molecule has 0 radical (unpaired) electrons. The van der Waals surface area contributed by atoms with Gasteiger partial charge in [0.05, 0.1) is 6.04 Å². The van der Waals surface area contributed by atoms with Gasteiger partial charge in [0.2, 0.25) is 5.91 Å². The van der Waals surface area contributed by atoms with E-state index < -0.39 is 0 Å². The summed E-state index contributed by atoms with van der Waals surface area (Å²) in [6, 6.07) is 7.10. The number of likely N-dealkylation sites (tertiary alicyclic amines) is 1. The van der Waals surface area contributed by atoms with Gasteiger partial charge < -0.3 is 10.2 Å². The summed E-state index contributed by atoms with van der Waals surface area (Å²) >= 11 is 3.32. The van der Waals surface area contributed by atoms with E-state index in [9.17, 15) is 9.59 Å². The summed E-state index contributed by atoms with van der Waals surface area (Å²) in [5.74, 6) is -0.0658. The molecule has 90 valence electrons. The summed E-state index contributed by atoms with van der Waals surface area (Å²) in [5.41, 5.74) is 0.598. The molecule has 0 bridgehead atoms. The lowest BCUT2D eigenvalue weighted by atomic mass is 10.2. The largest absolute Gasteiger partial charge is 0.347 e. The molecule has 1 saturated heterocycles. The molecule has 1 atom stereocenters. The van der Waals surface area contributed by atoms with Crippen LogP contribution in [-0.2, 0) is 4.79 Å². The molecular weight excluding hydrogens is 284 g/mol. The zero-order valence-electron chi connectivity index (χ0n) is 9.44. The molecule has 2 rings (SSSR count). The second kappa shape index (κ2) is 4.87. The molecule has 0 spiro atoms. The van der Waals surface area contributed by atoms with Crippen LogP contribution in [0.1, 0.15) is 16.8 Å². The van der Waals surface area contributed by atoms with Gasteiger partial charge in [-0.15, -0.1) is 0 Å². The molecule has 17 heavy (non-hydrogen) atoms. The van der Waals surface area contributed by atoms with Crippen LogP contribution in [0.4, 0.5) is 0 Å². The molecule has 1 aromatic rings. The molecule has 2 amide bonds. The maximum atomic E-state index is 11.9. The molecule has 1 heterocycles. The minimum absolute atomic E-state index is 0.0737. The van der Waals surface area contributed by atoms with Crippen molar-refractivity contribution in [2.75, 3.05) is 13.6 Å². The number of benzene rings is 1. The maximum absolute atomic E-state index is 11.9. The van der Waals surface area contributed by atoms with Gasteiger partial charge in [0.15, 0.2) is 0 Å². The number of halogens is 1. The fourth-order valence-corrected chi connectivity index (χ4v) is 2.26. The number of nitrogens with zero attached hydrogens (tertiary/aromatic N) is 1. The average molecular weight is 297 g/mol. The molecule has 1 aromatic carbocycles. The number of rotatable bonds is 2. The normalized spacial score (nSPS) is 19.5. The summed E-state index contributed by atoms with van der Waals surface area (Å²) in [6.07, 6.45) is 0.385. The number of carbonyl (C=O) groups excluding carboxylic acids is 2. The lowest BCUT2D eigenvalue weighted by molar-refractivity contribution is -0.126. The second-order valence-electron chi connectivity index (χ2n) is 4.16. The van der Waals surface area contributed by atoms with Crippen molar-refractivity contribution in [2.45, 2.75) is 12.5 Å². The maximum Gasteiger partial charge on any atom is 0.251 e. The van der Waals surface area contributed by atoms with Gasteiger partial charge >= 0.3 is 0 Å². The zero-order chi connectivity index (χ0) is 12.4. The van der Waals surface area contributed by atoms with Gasteiger partial charge in [-0.3, -0.25) is 9.59 Å². The van der Waals surface area contributed by atoms with E-state index in [0.717, 1.165) is 4.47 Å². The van der Waals surface area contributed by atoms with E-state index in [1.54, 1.807) is 24.1 Å². The van der Waals surface area contributed by atoms with Gasteiger partial charge in [0, 0.05) is 30.0 Å². The molecule has 1 aliphatic rings. The fourth-order valence-electron chi connectivity index (χ4n) is 1.86. The highest BCUT2D eigenvalue weighted by Crippen LogP contribution is 2.13. The third kappa shape index (κ3) is 2.85. The Morgan fingerprint density at radius 2 is 2.29 bits per heavy atom. The minimum atomic E-state index is -0.139. The summed E-state index contributed by atoms with van der Waals surface area (Å²) in [5, 5.41) is 2.86. The highest BCUT2D eigenvalue weighted by Gasteiger charge is 2.27. The van der Waals surface area contributed by atoms with Gasteiger partial charge in [0.1, 0.15) is 0 Å². The molecule has 4 nitrogen and oxygen atoms in total. The Kier molecular flexibility index (Phi) is 3.47. The highest BCUT2D eigenvalue weighted by molar-refractivity contribution is 9.10. The zero-order valence-corrected chi connectivity index (χ0v) is 11.0. The smallest absolute Gasteiger partial charge is 0.251 e. The Balaban J connectivity index is 2.01. The molecule has 5 heteroatoms. The third-order valence-corrected chi connectivity index (χ3v) is 3.26. The topological polar surface area (TPSA) is 49.4 Å². The van der Waals surface area contributed by atoms with Crippen LogP contribution >= 0.6 is 15.9 Å². The Morgan fingerprint density at radius 3 is 2.88 bits per heavy atom. The monoisotopic (exact) mass is 296 g/mol. The van der Waals surface area contributed by atoms with E-state index in [-0.39, 0.29) is 17.9 Å². The molecular formula is C12H13BrN2O2. The SMILES string of the molecule is CN1CC(NC(=O)c2cccc(Br)c2)CC1=O. The van der Waals surface area contributed by atoms with E-state index >= 15 is 0 Å². The van der Waals surface area contributed by atoms with Crippen molar-refractivity contribution in [3.8, 4) is 0 Å². The van der Waals surface area contributed by atoms with E-state index in [1.807, 2.05) is 12.1 Å². The molecule has 1 unspecified atom stereocenters. The Morgan fingerprint density at radius 1 is 1.53 bits per heavy atom.